The highest BCUT2D eigenvalue weighted by molar-refractivity contribution is 5.85. The molecule has 0 bridgehead atoms. The van der Waals surface area contributed by atoms with Crippen LogP contribution in [0.1, 0.15) is 30.5 Å². The zero-order chi connectivity index (χ0) is 14.0. The second-order valence-electron chi connectivity index (χ2n) is 4.62. The Kier molecular flexibility index (Phi) is 3.85. The molecule has 104 valence electrons. The molecule has 2 rings (SSSR count). The molecule has 0 aliphatic heterocycles. The number of fused-ring (bicyclic) bond motifs is 1. The Balaban J connectivity index is 2.65. The Morgan fingerprint density at radius 2 is 1.95 bits per heavy atom. The summed E-state index contributed by atoms with van der Waals surface area (Å²) in [5.41, 5.74) is 0.301. The molecular formula is C14H17F3N2. The summed E-state index contributed by atoms with van der Waals surface area (Å²) in [5, 5.41) is 3.20. The highest BCUT2D eigenvalue weighted by Crippen LogP contribution is 2.40. The Morgan fingerprint density at radius 3 is 2.53 bits per heavy atom. The molecule has 0 aliphatic rings. The van der Waals surface area contributed by atoms with E-state index in [2.05, 4.69) is 10.3 Å². The SMILES string of the molecule is CCC(CNC)c1[nH]c2ccccc2c1C(F)(F)F. The van der Waals surface area contributed by atoms with E-state index in [-0.39, 0.29) is 17.0 Å². The molecule has 19 heavy (non-hydrogen) atoms. The second-order valence-corrected chi connectivity index (χ2v) is 4.62. The largest absolute Gasteiger partial charge is 0.418 e. The van der Waals surface area contributed by atoms with Crippen molar-refractivity contribution in [2.45, 2.75) is 25.4 Å². The van der Waals surface area contributed by atoms with Gasteiger partial charge in [-0.1, -0.05) is 25.1 Å². The fourth-order valence-electron chi connectivity index (χ4n) is 2.47. The molecule has 0 saturated heterocycles. The summed E-state index contributed by atoms with van der Waals surface area (Å²) in [5.74, 6) is -0.172. The van der Waals surface area contributed by atoms with Gasteiger partial charge in [-0.2, -0.15) is 13.2 Å². The van der Waals surface area contributed by atoms with Crippen molar-refractivity contribution in [2.75, 3.05) is 13.6 Å². The molecule has 0 fully saturated rings. The van der Waals surface area contributed by atoms with Gasteiger partial charge in [-0.25, -0.2) is 0 Å². The van der Waals surface area contributed by atoms with Gasteiger partial charge in [-0.05, 0) is 19.5 Å². The third-order valence-corrected chi connectivity index (χ3v) is 3.37. The van der Waals surface area contributed by atoms with Crippen molar-refractivity contribution in [3.63, 3.8) is 0 Å². The number of hydrogen-bond donors (Lipinski definition) is 2. The monoisotopic (exact) mass is 270 g/mol. The number of H-pyrrole nitrogens is 1. The number of likely N-dealkylation sites (N-methyl/N-ethyl adjacent to an activating group) is 1. The van der Waals surface area contributed by atoms with Crippen LogP contribution in [-0.2, 0) is 6.18 Å². The van der Waals surface area contributed by atoms with Crippen LogP contribution in [0, 0.1) is 0 Å². The third kappa shape index (κ3) is 2.61. The molecular weight excluding hydrogens is 253 g/mol. The first-order valence-electron chi connectivity index (χ1n) is 6.31. The van der Waals surface area contributed by atoms with Crippen molar-refractivity contribution in [3.05, 3.63) is 35.5 Å². The van der Waals surface area contributed by atoms with E-state index < -0.39 is 11.7 Å². The van der Waals surface area contributed by atoms with Gasteiger partial charge in [0.05, 0.1) is 5.56 Å². The molecule has 1 heterocycles. The molecule has 1 unspecified atom stereocenters. The predicted octanol–water partition coefficient (Wildman–Crippen LogP) is 3.90. The van der Waals surface area contributed by atoms with Gasteiger partial charge >= 0.3 is 6.18 Å². The molecule has 2 N–H and O–H groups in total. The van der Waals surface area contributed by atoms with Crippen molar-refractivity contribution in [1.29, 1.82) is 0 Å². The van der Waals surface area contributed by atoms with Crippen molar-refractivity contribution >= 4 is 10.9 Å². The maximum atomic E-state index is 13.3. The lowest BCUT2D eigenvalue weighted by Gasteiger charge is -2.17. The van der Waals surface area contributed by atoms with Crippen LogP contribution in [-0.4, -0.2) is 18.6 Å². The summed E-state index contributed by atoms with van der Waals surface area (Å²) >= 11 is 0. The number of alkyl halides is 3. The minimum atomic E-state index is -4.34. The van der Waals surface area contributed by atoms with Crippen molar-refractivity contribution in [1.82, 2.24) is 10.3 Å². The van der Waals surface area contributed by atoms with Gasteiger partial charge in [-0.3, -0.25) is 0 Å². The second kappa shape index (κ2) is 5.25. The predicted molar refractivity (Wildman–Crippen MR) is 70.3 cm³/mol. The van der Waals surface area contributed by atoms with Crippen molar-refractivity contribution < 1.29 is 13.2 Å². The third-order valence-electron chi connectivity index (χ3n) is 3.37. The lowest BCUT2D eigenvalue weighted by Crippen LogP contribution is -2.20. The maximum Gasteiger partial charge on any atom is 0.418 e. The van der Waals surface area contributed by atoms with E-state index in [0.717, 1.165) is 0 Å². The van der Waals surface area contributed by atoms with Crippen LogP contribution >= 0.6 is 0 Å². The number of benzene rings is 1. The summed E-state index contributed by atoms with van der Waals surface area (Å²) < 4.78 is 39.9. The molecule has 0 saturated carbocycles. The normalized spacial score (nSPS) is 13.9. The van der Waals surface area contributed by atoms with E-state index in [0.29, 0.717) is 18.5 Å². The van der Waals surface area contributed by atoms with Gasteiger partial charge in [0.2, 0.25) is 0 Å². The fourth-order valence-corrected chi connectivity index (χ4v) is 2.47. The van der Waals surface area contributed by atoms with Gasteiger partial charge in [0.25, 0.3) is 0 Å². The molecule has 5 heteroatoms. The summed E-state index contributed by atoms with van der Waals surface area (Å²) in [6, 6.07) is 6.57. The van der Waals surface area contributed by atoms with Crippen LogP contribution in [0.5, 0.6) is 0 Å². The highest BCUT2D eigenvalue weighted by atomic mass is 19.4. The number of aromatic amines is 1. The van der Waals surface area contributed by atoms with Gasteiger partial charge < -0.3 is 10.3 Å². The number of para-hydroxylation sites is 1. The van der Waals surface area contributed by atoms with E-state index in [4.69, 9.17) is 0 Å². The molecule has 1 aromatic heterocycles. The van der Waals surface area contributed by atoms with E-state index in [1.54, 1.807) is 25.2 Å². The number of hydrogen-bond acceptors (Lipinski definition) is 1. The van der Waals surface area contributed by atoms with Crippen molar-refractivity contribution in [3.8, 4) is 0 Å². The Bertz CT molecular complexity index is 557. The number of rotatable bonds is 4. The number of aromatic nitrogens is 1. The zero-order valence-corrected chi connectivity index (χ0v) is 10.9. The van der Waals surface area contributed by atoms with Crippen LogP contribution < -0.4 is 5.32 Å². The molecule has 1 atom stereocenters. The quantitative estimate of drug-likeness (QED) is 0.866. The van der Waals surface area contributed by atoms with E-state index in [9.17, 15) is 13.2 Å². The van der Waals surface area contributed by atoms with Crippen LogP contribution in [0.4, 0.5) is 13.2 Å². The molecule has 0 amide bonds. The average Bonchev–Trinajstić information content (AvgIpc) is 2.74. The van der Waals surface area contributed by atoms with Crippen LogP contribution in [0.3, 0.4) is 0 Å². The molecule has 2 aromatic rings. The van der Waals surface area contributed by atoms with E-state index in [1.807, 2.05) is 6.92 Å². The minimum Gasteiger partial charge on any atom is -0.358 e. The standard InChI is InChI=1S/C14H17F3N2/c1-3-9(8-18-2)13-12(14(15,16)17)10-6-4-5-7-11(10)19-13/h4-7,9,18-19H,3,8H2,1-2H3. The summed E-state index contributed by atoms with van der Waals surface area (Å²) in [6.07, 6.45) is -3.69. The smallest absolute Gasteiger partial charge is 0.358 e. The van der Waals surface area contributed by atoms with Crippen LogP contribution in [0.2, 0.25) is 0 Å². The molecule has 1 aromatic carbocycles. The minimum absolute atomic E-state index is 0.172. The number of nitrogens with one attached hydrogen (secondary N) is 2. The molecule has 2 nitrogen and oxygen atoms in total. The summed E-state index contributed by atoms with van der Waals surface area (Å²) in [6.45, 7) is 2.42. The van der Waals surface area contributed by atoms with E-state index >= 15 is 0 Å². The molecule has 0 radical (unpaired) electrons. The molecule has 0 aliphatic carbocycles. The summed E-state index contributed by atoms with van der Waals surface area (Å²) in [4.78, 5) is 2.95. The Morgan fingerprint density at radius 1 is 1.26 bits per heavy atom. The van der Waals surface area contributed by atoms with Gasteiger partial charge in [0, 0.05) is 29.1 Å². The first-order chi connectivity index (χ1) is 8.99. The van der Waals surface area contributed by atoms with Crippen LogP contribution in [0.25, 0.3) is 10.9 Å². The lowest BCUT2D eigenvalue weighted by molar-refractivity contribution is -0.137. The highest BCUT2D eigenvalue weighted by Gasteiger charge is 2.38. The maximum absolute atomic E-state index is 13.3. The number of halogens is 3. The Hall–Kier alpha value is -1.49. The lowest BCUT2D eigenvalue weighted by atomic mass is 9.97. The van der Waals surface area contributed by atoms with Gasteiger partial charge in [-0.15, -0.1) is 0 Å². The van der Waals surface area contributed by atoms with Crippen LogP contribution in [0.15, 0.2) is 24.3 Å². The topological polar surface area (TPSA) is 27.8 Å². The Labute approximate surface area is 110 Å². The average molecular weight is 270 g/mol. The van der Waals surface area contributed by atoms with Gasteiger partial charge in [0.1, 0.15) is 0 Å². The summed E-state index contributed by atoms with van der Waals surface area (Å²) in [7, 11) is 1.75. The van der Waals surface area contributed by atoms with E-state index in [1.165, 1.54) is 6.07 Å². The molecule has 0 spiro atoms. The fraction of sp³-hybridized carbons (Fsp3) is 0.429. The first kappa shape index (κ1) is 13.9. The zero-order valence-electron chi connectivity index (χ0n) is 10.9. The van der Waals surface area contributed by atoms with Gasteiger partial charge in [0.15, 0.2) is 0 Å². The first-order valence-corrected chi connectivity index (χ1v) is 6.31. The van der Waals surface area contributed by atoms with Crippen molar-refractivity contribution in [2.24, 2.45) is 0 Å².